The molecule has 5 heteroatoms. The highest BCUT2D eigenvalue weighted by Gasteiger charge is 2.73. The summed E-state index contributed by atoms with van der Waals surface area (Å²) in [5.41, 5.74) is -0.873. The first-order chi connectivity index (χ1) is 6.99. The molecule has 4 nitrogen and oxygen atoms in total. The van der Waals surface area contributed by atoms with Gasteiger partial charge in [0.25, 0.3) is 0 Å². The van der Waals surface area contributed by atoms with Crippen molar-refractivity contribution in [3.8, 4) is 0 Å². The molecule has 0 radical (unpaired) electrons. The molecule has 0 unspecified atom stereocenters. The van der Waals surface area contributed by atoms with Crippen molar-refractivity contribution in [3.05, 3.63) is 12.2 Å². The Morgan fingerprint density at radius 3 is 2.67 bits per heavy atom. The Bertz CT molecular complexity index is 399. The summed E-state index contributed by atoms with van der Waals surface area (Å²) in [5.74, 6) is -0.372. The van der Waals surface area contributed by atoms with Crippen molar-refractivity contribution in [2.75, 3.05) is 0 Å². The van der Waals surface area contributed by atoms with Crippen LogP contribution in [0.15, 0.2) is 12.2 Å². The second kappa shape index (κ2) is 2.45. The van der Waals surface area contributed by atoms with E-state index in [1.807, 2.05) is 0 Å². The highest BCUT2D eigenvalue weighted by Crippen LogP contribution is 2.55. The molecule has 1 spiro atoms. The second-order valence-electron chi connectivity index (χ2n) is 4.36. The summed E-state index contributed by atoms with van der Waals surface area (Å²) in [4.78, 5) is 24.7. The van der Waals surface area contributed by atoms with E-state index in [-0.39, 0.29) is 17.9 Å². The van der Waals surface area contributed by atoms with Crippen molar-refractivity contribution >= 4 is 27.8 Å². The highest BCUT2D eigenvalue weighted by molar-refractivity contribution is 9.10. The zero-order chi connectivity index (χ0) is 10.8. The van der Waals surface area contributed by atoms with Gasteiger partial charge in [0.1, 0.15) is 0 Å². The molecule has 2 heterocycles. The average molecular weight is 272 g/mol. The number of hydrogen-bond donors (Lipinski definition) is 0. The molecule has 15 heavy (non-hydrogen) atoms. The number of amides is 1. The molecule has 1 saturated heterocycles. The molecule has 1 saturated carbocycles. The number of likely N-dealkylation sites (tertiary alicyclic amines) is 1. The van der Waals surface area contributed by atoms with E-state index < -0.39 is 10.0 Å². The Morgan fingerprint density at radius 2 is 2.20 bits per heavy atom. The van der Waals surface area contributed by atoms with E-state index in [4.69, 9.17) is 4.74 Å². The highest BCUT2D eigenvalue weighted by atomic mass is 79.9. The van der Waals surface area contributed by atoms with Crippen LogP contribution in [0.2, 0.25) is 0 Å². The van der Waals surface area contributed by atoms with Crippen molar-refractivity contribution in [1.82, 2.24) is 4.90 Å². The zero-order valence-corrected chi connectivity index (χ0v) is 9.78. The molecule has 0 aromatic carbocycles. The fraction of sp³-hybridized carbons (Fsp3) is 0.600. The molecule has 0 N–H and O–H groups in total. The molecule has 1 aliphatic carbocycles. The summed E-state index contributed by atoms with van der Waals surface area (Å²) >= 11 is 3.36. The van der Waals surface area contributed by atoms with Gasteiger partial charge in [0.15, 0.2) is 4.32 Å². The first-order valence-corrected chi connectivity index (χ1v) is 5.73. The molecule has 0 bridgehead atoms. The summed E-state index contributed by atoms with van der Waals surface area (Å²) in [6.07, 6.45) is 5.08. The largest absolute Gasteiger partial charge is 0.430 e. The van der Waals surface area contributed by atoms with Gasteiger partial charge in [-0.25, -0.2) is 4.79 Å². The SMILES string of the molecule is C[C@]1(Br)C(=O)N(C2CC2)[C@]12C=CC(=O)O2. The molecule has 2 fully saturated rings. The summed E-state index contributed by atoms with van der Waals surface area (Å²) in [6.45, 7) is 1.75. The number of esters is 1. The van der Waals surface area contributed by atoms with Crippen LogP contribution in [-0.4, -0.2) is 32.9 Å². The van der Waals surface area contributed by atoms with Crippen LogP contribution in [0.25, 0.3) is 0 Å². The standard InChI is InChI=1S/C10H10BrNO3/c1-9(11)8(14)12(6-2-3-6)10(9)5-4-7(13)15-10/h4-6H,2-3H2,1H3/t9-,10-/m0/s1. The van der Waals surface area contributed by atoms with Gasteiger partial charge in [0.05, 0.1) is 0 Å². The third kappa shape index (κ3) is 0.922. The third-order valence-corrected chi connectivity index (χ3v) is 4.17. The Labute approximate surface area is 95.4 Å². The van der Waals surface area contributed by atoms with Gasteiger partial charge in [0.2, 0.25) is 11.6 Å². The molecule has 2 aliphatic heterocycles. The lowest BCUT2D eigenvalue weighted by atomic mass is 9.84. The molecule has 1 amide bonds. The molecular weight excluding hydrogens is 262 g/mol. The molecule has 80 valence electrons. The first kappa shape index (κ1) is 9.39. The number of halogens is 1. The van der Waals surface area contributed by atoms with Crippen LogP contribution in [-0.2, 0) is 14.3 Å². The van der Waals surface area contributed by atoms with E-state index in [1.54, 1.807) is 17.9 Å². The van der Waals surface area contributed by atoms with E-state index in [9.17, 15) is 9.59 Å². The summed E-state index contributed by atoms with van der Waals surface area (Å²) in [7, 11) is 0. The van der Waals surface area contributed by atoms with Crippen LogP contribution in [0.1, 0.15) is 19.8 Å². The van der Waals surface area contributed by atoms with Crippen molar-refractivity contribution in [1.29, 1.82) is 0 Å². The van der Waals surface area contributed by atoms with Crippen LogP contribution in [0.4, 0.5) is 0 Å². The van der Waals surface area contributed by atoms with Gasteiger partial charge < -0.3 is 4.74 Å². The lowest BCUT2D eigenvalue weighted by Gasteiger charge is -2.57. The monoisotopic (exact) mass is 271 g/mol. The molecule has 2 atom stereocenters. The molecule has 3 aliphatic rings. The predicted octanol–water partition coefficient (Wildman–Crippen LogP) is 0.954. The maximum Gasteiger partial charge on any atom is 0.333 e. The van der Waals surface area contributed by atoms with Crippen molar-refractivity contribution in [3.63, 3.8) is 0 Å². The molecule has 0 aromatic heterocycles. The van der Waals surface area contributed by atoms with Crippen LogP contribution >= 0.6 is 15.9 Å². The van der Waals surface area contributed by atoms with E-state index in [1.165, 1.54) is 6.08 Å². The Kier molecular flexibility index (Phi) is 1.54. The summed E-state index contributed by atoms with van der Waals surface area (Å²) < 4.78 is 4.49. The van der Waals surface area contributed by atoms with Crippen LogP contribution in [0, 0.1) is 0 Å². The van der Waals surface area contributed by atoms with Gasteiger partial charge in [-0.05, 0) is 25.8 Å². The Balaban J connectivity index is 2.01. The minimum atomic E-state index is -0.873. The first-order valence-electron chi connectivity index (χ1n) is 4.94. The van der Waals surface area contributed by atoms with Crippen LogP contribution in [0.3, 0.4) is 0 Å². The quantitative estimate of drug-likeness (QED) is 0.405. The fourth-order valence-electron chi connectivity index (χ4n) is 2.26. The van der Waals surface area contributed by atoms with Gasteiger partial charge in [0, 0.05) is 12.1 Å². The number of rotatable bonds is 1. The second-order valence-corrected chi connectivity index (χ2v) is 5.95. The normalized spacial score (nSPS) is 43.5. The van der Waals surface area contributed by atoms with Gasteiger partial charge in [-0.2, -0.15) is 0 Å². The lowest BCUT2D eigenvalue weighted by Crippen LogP contribution is -2.78. The van der Waals surface area contributed by atoms with Gasteiger partial charge in [-0.3, -0.25) is 9.69 Å². The number of ether oxygens (including phenoxy) is 1. The fourth-order valence-corrected chi connectivity index (χ4v) is 2.85. The van der Waals surface area contributed by atoms with Gasteiger partial charge in [-0.15, -0.1) is 0 Å². The number of β-lactam (4-membered cyclic amide) rings is 1. The Morgan fingerprint density at radius 1 is 1.53 bits per heavy atom. The Hall–Kier alpha value is -0.840. The summed E-state index contributed by atoms with van der Waals surface area (Å²) in [5, 5.41) is 0. The predicted molar refractivity (Wildman–Crippen MR) is 55.2 cm³/mol. The molecule has 0 aromatic rings. The molecule has 3 rings (SSSR count). The van der Waals surface area contributed by atoms with Gasteiger partial charge in [-0.1, -0.05) is 15.9 Å². The smallest absolute Gasteiger partial charge is 0.333 e. The zero-order valence-electron chi connectivity index (χ0n) is 8.20. The van der Waals surface area contributed by atoms with E-state index in [0.717, 1.165) is 12.8 Å². The van der Waals surface area contributed by atoms with Crippen LogP contribution in [0.5, 0.6) is 0 Å². The average Bonchev–Trinajstić information content (AvgIpc) is 2.90. The number of carbonyl (C=O) groups excluding carboxylic acids is 2. The minimum Gasteiger partial charge on any atom is -0.430 e. The van der Waals surface area contributed by atoms with E-state index in [0.29, 0.717) is 0 Å². The summed E-state index contributed by atoms with van der Waals surface area (Å²) in [6, 6.07) is 0.249. The van der Waals surface area contributed by atoms with E-state index >= 15 is 0 Å². The van der Waals surface area contributed by atoms with Crippen LogP contribution < -0.4 is 0 Å². The van der Waals surface area contributed by atoms with Gasteiger partial charge >= 0.3 is 5.97 Å². The maximum atomic E-state index is 11.9. The van der Waals surface area contributed by atoms with Crippen molar-refractivity contribution < 1.29 is 14.3 Å². The maximum absolute atomic E-state index is 11.9. The number of hydrogen-bond acceptors (Lipinski definition) is 3. The van der Waals surface area contributed by atoms with Crippen molar-refractivity contribution in [2.24, 2.45) is 0 Å². The van der Waals surface area contributed by atoms with E-state index in [2.05, 4.69) is 15.9 Å². The minimum absolute atomic E-state index is 0.00403. The lowest BCUT2D eigenvalue weighted by molar-refractivity contribution is -0.207. The third-order valence-electron chi connectivity index (χ3n) is 3.26. The number of alkyl halides is 1. The number of nitrogens with zero attached hydrogens (tertiary/aromatic N) is 1. The molecular formula is C10H10BrNO3. The topological polar surface area (TPSA) is 46.6 Å². The van der Waals surface area contributed by atoms with Crippen molar-refractivity contribution in [2.45, 2.75) is 35.9 Å². The number of carbonyl (C=O) groups is 2.